The first-order valence-corrected chi connectivity index (χ1v) is 7.27. The second-order valence-electron chi connectivity index (χ2n) is 6.05. The Morgan fingerprint density at radius 1 is 0.909 bits per heavy atom. The first-order chi connectivity index (χ1) is 10.3. The number of rotatable bonds is 5. The fourth-order valence-corrected chi connectivity index (χ4v) is 2.32. The van der Waals surface area contributed by atoms with E-state index in [0.717, 1.165) is 11.1 Å². The summed E-state index contributed by atoms with van der Waals surface area (Å²) in [5.74, 6) is -1.85. The summed E-state index contributed by atoms with van der Waals surface area (Å²) in [6.07, 6.45) is 0. The van der Waals surface area contributed by atoms with Gasteiger partial charge in [0.05, 0.1) is 5.92 Å². The molecule has 0 unspecified atom stereocenters. The lowest BCUT2D eigenvalue weighted by Crippen LogP contribution is -2.36. The molecular formula is C19H20O3. The molecule has 0 heterocycles. The van der Waals surface area contributed by atoms with Crippen molar-refractivity contribution in [2.75, 3.05) is 0 Å². The molecule has 3 heteroatoms. The van der Waals surface area contributed by atoms with E-state index in [4.69, 9.17) is 5.11 Å². The van der Waals surface area contributed by atoms with E-state index in [9.17, 15) is 9.59 Å². The average molecular weight is 296 g/mol. The van der Waals surface area contributed by atoms with Crippen LogP contribution in [0.1, 0.15) is 31.1 Å². The second kappa shape index (κ2) is 6.14. The molecular weight excluding hydrogens is 276 g/mol. The molecule has 0 amide bonds. The first kappa shape index (κ1) is 16.0. The number of ketones is 1. The molecule has 0 aliphatic rings. The third-order valence-corrected chi connectivity index (χ3v) is 4.29. The molecule has 0 bridgehead atoms. The average Bonchev–Trinajstić information content (AvgIpc) is 2.54. The van der Waals surface area contributed by atoms with E-state index >= 15 is 0 Å². The summed E-state index contributed by atoms with van der Waals surface area (Å²) >= 11 is 0. The van der Waals surface area contributed by atoms with Crippen LogP contribution >= 0.6 is 0 Å². The Morgan fingerprint density at radius 3 is 1.91 bits per heavy atom. The van der Waals surface area contributed by atoms with Gasteiger partial charge in [0.2, 0.25) is 0 Å². The van der Waals surface area contributed by atoms with Gasteiger partial charge in [0.25, 0.3) is 0 Å². The third kappa shape index (κ3) is 3.08. The van der Waals surface area contributed by atoms with Gasteiger partial charge in [-0.2, -0.15) is 0 Å². The maximum Gasteiger partial charge on any atom is 0.307 e. The van der Waals surface area contributed by atoms with Gasteiger partial charge in [-0.05, 0) is 11.1 Å². The van der Waals surface area contributed by atoms with E-state index < -0.39 is 17.3 Å². The number of hydrogen-bond donors (Lipinski definition) is 1. The van der Waals surface area contributed by atoms with Gasteiger partial charge in [0.1, 0.15) is 0 Å². The van der Waals surface area contributed by atoms with Gasteiger partial charge < -0.3 is 5.11 Å². The number of carbonyl (C=O) groups excluding carboxylic acids is 1. The maximum absolute atomic E-state index is 12.6. The lowest BCUT2D eigenvalue weighted by molar-refractivity contribution is -0.144. The van der Waals surface area contributed by atoms with Gasteiger partial charge >= 0.3 is 5.97 Å². The minimum atomic E-state index is -0.959. The molecule has 0 aliphatic carbocycles. The molecule has 0 spiro atoms. The molecule has 2 rings (SSSR count). The molecule has 1 atom stereocenters. The van der Waals surface area contributed by atoms with E-state index in [-0.39, 0.29) is 5.78 Å². The van der Waals surface area contributed by atoms with Gasteiger partial charge in [-0.1, -0.05) is 75.4 Å². The number of hydrogen-bond acceptors (Lipinski definition) is 2. The van der Waals surface area contributed by atoms with Crippen LogP contribution in [0.25, 0.3) is 11.1 Å². The molecule has 0 saturated heterocycles. The lowest BCUT2D eigenvalue weighted by atomic mass is 9.74. The summed E-state index contributed by atoms with van der Waals surface area (Å²) in [5.41, 5.74) is 1.71. The van der Waals surface area contributed by atoms with Crippen molar-refractivity contribution >= 4 is 11.8 Å². The number of aliphatic carboxylic acids is 1. The Hall–Kier alpha value is -2.42. The smallest absolute Gasteiger partial charge is 0.307 e. The van der Waals surface area contributed by atoms with Crippen LogP contribution < -0.4 is 0 Å². The minimum Gasteiger partial charge on any atom is -0.481 e. The van der Waals surface area contributed by atoms with Crippen LogP contribution in [0, 0.1) is 11.3 Å². The number of carbonyl (C=O) groups is 2. The molecule has 22 heavy (non-hydrogen) atoms. The van der Waals surface area contributed by atoms with Crippen LogP contribution in [0.4, 0.5) is 0 Å². The number of Topliss-reactive ketones (excluding diaryl/α,β-unsaturated/α-hetero) is 1. The topological polar surface area (TPSA) is 54.4 Å². The SMILES string of the molecule is C[C@H](C(=O)O)C(C)(C)C(=O)c1ccc(-c2ccccc2)cc1. The van der Waals surface area contributed by atoms with E-state index in [2.05, 4.69) is 0 Å². The highest BCUT2D eigenvalue weighted by atomic mass is 16.4. The highest BCUT2D eigenvalue weighted by Crippen LogP contribution is 2.32. The summed E-state index contributed by atoms with van der Waals surface area (Å²) in [6, 6.07) is 17.2. The molecule has 0 radical (unpaired) electrons. The van der Waals surface area contributed by atoms with Gasteiger partial charge in [0, 0.05) is 11.0 Å². The van der Waals surface area contributed by atoms with Crippen molar-refractivity contribution in [1.29, 1.82) is 0 Å². The third-order valence-electron chi connectivity index (χ3n) is 4.29. The van der Waals surface area contributed by atoms with Gasteiger partial charge in [-0.3, -0.25) is 9.59 Å². The Bertz CT molecular complexity index is 670. The van der Waals surface area contributed by atoms with E-state index in [1.807, 2.05) is 42.5 Å². The van der Waals surface area contributed by atoms with Crippen molar-refractivity contribution in [3.63, 3.8) is 0 Å². The van der Waals surface area contributed by atoms with E-state index in [0.29, 0.717) is 5.56 Å². The molecule has 0 aromatic heterocycles. The molecule has 0 saturated carbocycles. The Kier molecular flexibility index (Phi) is 4.45. The Balaban J connectivity index is 2.27. The lowest BCUT2D eigenvalue weighted by Gasteiger charge is -2.27. The summed E-state index contributed by atoms with van der Waals surface area (Å²) in [5, 5.41) is 9.15. The number of carboxylic acid groups (broad SMARTS) is 1. The van der Waals surface area contributed by atoms with Gasteiger partial charge in [0.15, 0.2) is 5.78 Å². The van der Waals surface area contributed by atoms with Crippen molar-refractivity contribution in [2.24, 2.45) is 11.3 Å². The monoisotopic (exact) mass is 296 g/mol. The van der Waals surface area contributed by atoms with E-state index in [1.165, 1.54) is 0 Å². The normalized spacial score (nSPS) is 12.7. The largest absolute Gasteiger partial charge is 0.481 e. The highest BCUT2D eigenvalue weighted by Gasteiger charge is 2.38. The molecule has 2 aromatic rings. The molecule has 0 aliphatic heterocycles. The van der Waals surface area contributed by atoms with Crippen LogP contribution in [0.3, 0.4) is 0 Å². The quantitative estimate of drug-likeness (QED) is 0.838. The van der Waals surface area contributed by atoms with Crippen molar-refractivity contribution in [3.8, 4) is 11.1 Å². The van der Waals surface area contributed by atoms with Crippen LogP contribution in [-0.2, 0) is 4.79 Å². The second-order valence-corrected chi connectivity index (χ2v) is 6.05. The molecule has 0 fully saturated rings. The molecule has 114 valence electrons. The van der Waals surface area contributed by atoms with Crippen LogP contribution in [0.5, 0.6) is 0 Å². The van der Waals surface area contributed by atoms with Crippen molar-refractivity contribution in [3.05, 3.63) is 60.2 Å². The summed E-state index contributed by atoms with van der Waals surface area (Å²) in [7, 11) is 0. The van der Waals surface area contributed by atoms with E-state index in [1.54, 1.807) is 32.9 Å². The van der Waals surface area contributed by atoms with Crippen molar-refractivity contribution in [1.82, 2.24) is 0 Å². The van der Waals surface area contributed by atoms with Crippen molar-refractivity contribution < 1.29 is 14.7 Å². The maximum atomic E-state index is 12.6. The Morgan fingerprint density at radius 2 is 1.41 bits per heavy atom. The highest BCUT2D eigenvalue weighted by molar-refractivity contribution is 6.02. The molecule has 2 aromatic carbocycles. The summed E-state index contributed by atoms with van der Waals surface area (Å²) in [6.45, 7) is 4.93. The number of benzene rings is 2. The van der Waals surface area contributed by atoms with Crippen LogP contribution in [0.15, 0.2) is 54.6 Å². The zero-order valence-electron chi connectivity index (χ0n) is 13.0. The zero-order valence-corrected chi connectivity index (χ0v) is 13.0. The molecule has 3 nitrogen and oxygen atoms in total. The molecule has 1 N–H and O–H groups in total. The summed E-state index contributed by atoms with van der Waals surface area (Å²) in [4.78, 5) is 23.8. The standard InChI is InChI=1S/C19H20O3/c1-13(18(21)22)19(2,3)17(20)16-11-9-15(10-12-16)14-7-5-4-6-8-14/h4-13H,1-3H3,(H,21,22)/t13-/m1/s1. The summed E-state index contributed by atoms with van der Waals surface area (Å²) < 4.78 is 0. The fourth-order valence-electron chi connectivity index (χ4n) is 2.32. The van der Waals surface area contributed by atoms with Crippen molar-refractivity contribution in [2.45, 2.75) is 20.8 Å². The van der Waals surface area contributed by atoms with Gasteiger partial charge in [-0.15, -0.1) is 0 Å². The first-order valence-electron chi connectivity index (χ1n) is 7.27. The predicted octanol–water partition coefficient (Wildman–Crippen LogP) is 4.28. The zero-order chi connectivity index (χ0) is 16.3. The predicted molar refractivity (Wildman–Crippen MR) is 86.8 cm³/mol. The Labute approximate surface area is 130 Å². The van der Waals surface area contributed by atoms with Crippen LogP contribution in [0.2, 0.25) is 0 Å². The minimum absolute atomic E-state index is 0.151. The van der Waals surface area contributed by atoms with Gasteiger partial charge in [-0.25, -0.2) is 0 Å². The number of carboxylic acids is 1. The fraction of sp³-hybridized carbons (Fsp3) is 0.263. The van der Waals surface area contributed by atoms with Crippen LogP contribution in [-0.4, -0.2) is 16.9 Å².